The van der Waals surface area contributed by atoms with Gasteiger partial charge in [-0.25, -0.2) is 4.79 Å². The van der Waals surface area contributed by atoms with Gasteiger partial charge >= 0.3 is 5.97 Å². The molecule has 0 spiro atoms. The number of fused-ring (bicyclic) bond motifs is 1. The van der Waals surface area contributed by atoms with Gasteiger partial charge < -0.3 is 9.30 Å². The molecule has 0 radical (unpaired) electrons. The van der Waals surface area contributed by atoms with Gasteiger partial charge in [-0.15, -0.1) is 0 Å². The Balaban J connectivity index is 2.38. The molecule has 0 bridgehead atoms. The van der Waals surface area contributed by atoms with Gasteiger partial charge in [0.05, 0.1) is 23.3 Å². The Hall–Kier alpha value is -2.26. The number of ether oxygens (including phenoxy) is 1. The predicted molar refractivity (Wildman–Crippen MR) is 79.6 cm³/mol. The summed E-state index contributed by atoms with van der Waals surface area (Å²) in [6, 6.07) is 17.0. The zero-order valence-corrected chi connectivity index (χ0v) is 11.6. The number of aromatic nitrogens is 1. The van der Waals surface area contributed by atoms with E-state index in [1.807, 2.05) is 53.1 Å². The van der Waals surface area contributed by atoms with Crippen molar-refractivity contribution in [1.82, 2.24) is 4.57 Å². The van der Waals surface area contributed by atoms with Crippen LogP contribution in [0.25, 0.3) is 16.6 Å². The standard InChI is InChI=1S/C16H12ClNO2/c1-20-16(19)15-10-11-6-2-4-8-13(11)18(15)14-9-5-3-7-12(14)17/h2-10H,1H3. The predicted octanol–water partition coefficient (Wildman–Crippen LogP) is 4.07. The fraction of sp³-hybridized carbons (Fsp3) is 0.0625. The highest BCUT2D eigenvalue weighted by Crippen LogP contribution is 2.28. The molecule has 0 saturated heterocycles. The van der Waals surface area contributed by atoms with E-state index in [0.29, 0.717) is 10.7 Å². The highest BCUT2D eigenvalue weighted by molar-refractivity contribution is 6.32. The summed E-state index contributed by atoms with van der Waals surface area (Å²) in [5.41, 5.74) is 2.14. The quantitative estimate of drug-likeness (QED) is 0.665. The van der Waals surface area contributed by atoms with Gasteiger partial charge in [-0.2, -0.15) is 0 Å². The number of carbonyl (C=O) groups excluding carboxylic acids is 1. The van der Waals surface area contributed by atoms with Gasteiger partial charge in [-0.3, -0.25) is 0 Å². The molecule has 0 N–H and O–H groups in total. The first-order valence-corrected chi connectivity index (χ1v) is 6.54. The largest absolute Gasteiger partial charge is 0.464 e. The summed E-state index contributed by atoms with van der Waals surface area (Å²) in [5.74, 6) is -0.388. The number of esters is 1. The van der Waals surface area contributed by atoms with Gasteiger partial charge in [0, 0.05) is 5.39 Å². The second kappa shape index (κ2) is 5.02. The van der Waals surface area contributed by atoms with Crippen LogP contribution in [-0.2, 0) is 4.74 Å². The van der Waals surface area contributed by atoms with Crippen molar-refractivity contribution in [3.05, 3.63) is 65.3 Å². The number of benzene rings is 2. The molecule has 0 saturated carbocycles. The van der Waals surface area contributed by atoms with Crippen molar-refractivity contribution in [2.75, 3.05) is 7.11 Å². The van der Waals surface area contributed by atoms with Crippen LogP contribution in [0.5, 0.6) is 0 Å². The summed E-state index contributed by atoms with van der Waals surface area (Å²) >= 11 is 6.26. The van der Waals surface area contributed by atoms with E-state index in [9.17, 15) is 4.79 Å². The third kappa shape index (κ3) is 1.96. The number of hydrogen-bond acceptors (Lipinski definition) is 2. The normalized spacial score (nSPS) is 10.7. The number of halogens is 1. The highest BCUT2D eigenvalue weighted by Gasteiger charge is 2.18. The smallest absolute Gasteiger partial charge is 0.355 e. The number of rotatable bonds is 2. The first kappa shape index (κ1) is 12.8. The summed E-state index contributed by atoms with van der Waals surface area (Å²) in [6.07, 6.45) is 0. The number of nitrogens with zero attached hydrogens (tertiary/aromatic N) is 1. The maximum atomic E-state index is 12.0. The molecule has 0 atom stereocenters. The Morgan fingerprint density at radius 3 is 2.55 bits per heavy atom. The van der Waals surface area contributed by atoms with E-state index in [1.165, 1.54) is 7.11 Å². The van der Waals surface area contributed by atoms with Crippen LogP contribution in [0, 0.1) is 0 Å². The fourth-order valence-corrected chi connectivity index (χ4v) is 2.52. The van der Waals surface area contributed by atoms with Gasteiger partial charge in [-0.05, 0) is 24.3 Å². The van der Waals surface area contributed by atoms with Crippen molar-refractivity contribution in [3.8, 4) is 5.69 Å². The molecule has 1 aromatic heterocycles. The SMILES string of the molecule is COC(=O)c1cc2ccccc2n1-c1ccccc1Cl. The van der Waals surface area contributed by atoms with E-state index >= 15 is 0 Å². The van der Waals surface area contributed by atoms with Crippen LogP contribution in [0.4, 0.5) is 0 Å². The third-order valence-electron chi connectivity index (χ3n) is 3.20. The molecular weight excluding hydrogens is 274 g/mol. The Labute approximate surface area is 121 Å². The van der Waals surface area contributed by atoms with Gasteiger partial charge in [0.2, 0.25) is 0 Å². The second-order valence-corrected chi connectivity index (χ2v) is 4.77. The van der Waals surface area contributed by atoms with E-state index < -0.39 is 0 Å². The summed E-state index contributed by atoms with van der Waals surface area (Å²) in [6.45, 7) is 0. The lowest BCUT2D eigenvalue weighted by Crippen LogP contribution is -2.09. The molecule has 0 aliphatic heterocycles. The molecule has 1 heterocycles. The third-order valence-corrected chi connectivity index (χ3v) is 3.52. The van der Waals surface area contributed by atoms with Crippen LogP contribution in [0.1, 0.15) is 10.5 Å². The Morgan fingerprint density at radius 1 is 1.10 bits per heavy atom. The van der Waals surface area contributed by atoms with Crippen molar-refractivity contribution in [1.29, 1.82) is 0 Å². The van der Waals surface area contributed by atoms with E-state index in [1.54, 1.807) is 6.07 Å². The van der Waals surface area contributed by atoms with Crippen LogP contribution in [-0.4, -0.2) is 17.6 Å². The molecule has 3 rings (SSSR count). The van der Waals surface area contributed by atoms with E-state index in [4.69, 9.17) is 16.3 Å². The lowest BCUT2D eigenvalue weighted by atomic mass is 10.2. The second-order valence-electron chi connectivity index (χ2n) is 4.37. The zero-order chi connectivity index (χ0) is 14.1. The lowest BCUT2D eigenvalue weighted by molar-refractivity contribution is 0.0592. The van der Waals surface area contributed by atoms with E-state index in [2.05, 4.69) is 0 Å². The average Bonchev–Trinajstić information content (AvgIpc) is 2.86. The Morgan fingerprint density at radius 2 is 1.80 bits per heavy atom. The molecule has 2 aromatic carbocycles. The summed E-state index contributed by atoms with van der Waals surface area (Å²) in [5, 5.41) is 1.55. The number of methoxy groups -OCH3 is 1. The summed E-state index contributed by atoms with van der Waals surface area (Å²) in [4.78, 5) is 12.0. The van der Waals surface area contributed by atoms with Gasteiger partial charge in [0.1, 0.15) is 5.69 Å². The van der Waals surface area contributed by atoms with Gasteiger partial charge in [-0.1, -0.05) is 41.9 Å². The molecule has 20 heavy (non-hydrogen) atoms. The molecule has 0 aliphatic rings. The Bertz CT molecular complexity index is 792. The zero-order valence-electron chi connectivity index (χ0n) is 10.8. The molecule has 0 aliphatic carbocycles. The maximum absolute atomic E-state index is 12.0. The monoisotopic (exact) mass is 285 g/mol. The first-order chi connectivity index (χ1) is 9.72. The van der Waals surface area contributed by atoms with Crippen molar-refractivity contribution in [2.24, 2.45) is 0 Å². The molecule has 0 unspecified atom stereocenters. The van der Waals surface area contributed by atoms with Gasteiger partial charge in [0.15, 0.2) is 0 Å². The molecule has 4 heteroatoms. The van der Waals surface area contributed by atoms with E-state index in [-0.39, 0.29) is 5.97 Å². The molecular formula is C16H12ClNO2. The minimum absolute atomic E-state index is 0.388. The molecule has 3 nitrogen and oxygen atoms in total. The average molecular weight is 286 g/mol. The van der Waals surface area contributed by atoms with Crippen LogP contribution in [0.2, 0.25) is 5.02 Å². The molecule has 0 amide bonds. The fourth-order valence-electron chi connectivity index (χ4n) is 2.30. The number of hydrogen-bond donors (Lipinski definition) is 0. The minimum atomic E-state index is -0.388. The number of para-hydroxylation sites is 2. The van der Waals surface area contributed by atoms with Crippen molar-refractivity contribution < 1.29 is 9.53 Å². The van der Waals surface area contributed by atoms with Crippen LogP contribution >= 0.6 is 11.6 Å². The molecule has 3 aromatic rings. The molecule has 0 fully saturated rings. The maximum Gasteiger partial charge on any atom is 0.355 e. The van der Waals surface area contributed by atoms with Crippen molar-refractivity contribution in [2.45, 2.75) is 0 Å². The number of carbonyl (C=O) groups is 1. The van der Waals surface area contributed by atoms with Crippen LogP contribution in [0.15, 0.2) is 54.6 Å². The highest BCUT2D eigenvalue weighted by atomic mass is 35.5. The minimum Gasteiger partial charge on any atom is -0.464 e. The summed E-state index contributed by atoms with van der Waals surface area (Å²) < 4.78 is 6.69. The molecule has 100 valence electrons. The van der Waals surface area contributed by atoms with E-state index in [0.717, 1.165) is 16.6 Å². The van der Waals surface area contributed by atoms with Crippen molar-refractivity contribution in [3.63, 3.8) is 0 Å². The first-order valence-electron chi connectivity index (χ1n) is 6.16. The summed E-state index contributed by atoms with van der Waals surface area (Å²) in [7, 11) is 1.37. The van der Waals surface area contributed by atoms with Gasteiger partial charge in [0.25, 0.3) is 0 Å². The van der Waals surface area contributed by atoms with Crippen molar-refractivity contribution >= 4 is 28.5 Å². The van der Waals surface area contributed by atoms with Crippen LogP contribution < -0.4 is 0 Å². The van der Waals surface area contributed by atoms with Crippen LogP contribution in [0.3, 0.4) is 0 Å². The topological polar surface area (TPSA) is 31.2 Å². The lowest BCUT2D eigenvalue weighted by Gasteiger charge is -2.11. The Kier molecular flexibility index (Phi) is 3.20.